The summed E-state index contributed by atoms with van der Waals surface area (Å²) in [5.74, 6) is 0. The van der Waals surface area contributed by atoms with Crippen molar-refractivity contribution in [3.05, 3.63) is 137 Å². The third-order valence-corrected chi connectivity index (χ3v) is 9.41. The molecule has 0 spiro atoms. The average molecular weight is 518 g/mol. The highest BCUT2D eigenvalue weighted by atomic mass is 32.1. The van der Waals surface area contributed by atoms with E-state index in [1.165, 1.54) is 70.0 Å². The first-order valence-corrected chi connectivity index (χ1v) is 14.1. The molecule has 184 valence electrons. The summed E-state index contributed by atoms with van der Waals surface area (Å²) in [4.78, 5) is 2.45. The summed E-state index contributed by atoms with van der Waals surface area (Å²) in [6.45, 7) is 0. The Bertz CT molecular complexity index is 2220. The number of para-hydroxylation sites is 3. The maximum Gasteiger partial charge on any atom is 0.0947 e. The highest BCUT2D eigenvalue weighted by Gasteiger charge is 2.37. The SMILES string of the molecule is C1=c2c(c3ccccc3n2-c2cccc3c2sc2ccccc23)=C2C(N1)c1ccccc1N2c1ccccc1. The van der Waals surface area contributed by atoms with E-state index in [1.807, 2.05) is 11.3 Å². The number of hydrogen-bond donors (Lipinski definition) is 1. The predicted octanol–water partition coefficient (Wildman–Crippen LogP) is 7.34. The molecule has 2 aliphatic heterocycles. The molecule has 4 heterocycles. The number of nitrogens with one attached hydrogen (secondary N) is 1. The maximum absolute atomic E-state index is 3.82. The zero-order chi connectivity index (χ0) is 25.5. The molecule has 4 heteroatoms. The zero-order valence-electron chi connectivity index (χ0n) is 21.0. The minimum atomic E-state index is 0.0910. The molecule has 0 fully saturated rings. The second-order valence-corrected chi connectivity index (χ2v) is 11.3. The van der Waals surface area contributed by atoms with Gasteiger partial charge in [0.05, 0.1) is 38.7 Å². The number of benzene rings is 5. The van der Waals surface area contributed by atoms with Crippen LogP contribution in [0.3, 0.4) is 0 Å². The molecule has 3 nitrogen and oxygen atoms in total. The quantitative estimate of drug-likeness (QED) is 0.259. The fraction of sp³-hybridized carbons (Fsp3) is 0.0286. The van der Waals surface area contributed by atoms with Crippen LogP contribution >= 0.6 is 11.3 Å². The summed E-state index contributed by atoms with van der Waals surface area (Å²) in [5.41, 5.74) is 7.47. The minimum Gasteiger partial charge on any atom is -0.377 e. The molecule has 39 heavy (non-hydrogen) atoms. The van der Waals surface area contributed by atoms with Gasteiger partial charge in [-0.25, -0.2) is 0 Å². The lowest BCUT2D eigenvalue weighted by atomic mass is 10.0. The van der Waals surface area contributed by atoms with Crippen LogP contribution in [-0.4, -0.2) is 4.57 Å². The summed E-state index contributed by atoms with van der Waals surface area (Å²) in [5, 5.41) is 10.2. The smallest absolute Gasteiger partial charge is 0.0947 e. The summed E-state index contributed by atoms with van der Waals surface area (Å²) in [6.07, 6.45) is 2.24. The monoisotopic (exact) mass is 517 g/mol. The van der Waals surface area contributed by atoms with E-state index in [1.54, 1.807) is 0 Å². The Labute approximate surface area is 229 Å². The van der Waals surface area contributed by atoms with E-state index in [-0.39, 0.29) is 6.04 Å². The lowest BCUT2D eigenvalue weighted by Crippen LogP contribution is -2.42. The van der Waals surface area contributed by atoms with Crippen LogP contribution in [0.25, 0.3) is 48.7 Å². The number of rotatable bonds is 2. The molecule has 0 aliphatic carbocycles. The molecular formula is C35H23N3S. The number of anilines is 2. The molecule has 2 aromatic heterocycles. The van der Waals surface area contributed by atoms with Crippen LogP contribution in [0, 0.1) is 0 Å². The number of nitrogens with zero attached hydrogens (tertiary/aromatic N) is 2. The second kappa shape index (κ2) is 7.85. The van der Waals surface area contributed by atoms with Crippen LogP contribution in [0.2, 0.25) is 0 Å². The Morgan fingerprint density at radius 2 is 1.33 bits per heavy atom. The topological polar surface area (TPSA) is 20.2 Å². The molecule has 1 atom stereocenters. The first-order valence-electron chi connectivity index (χ1n) is 13.3. The van der Waals surface area contributed by atoms with Crippen molar-refractivity contribution in [1.29, 1.82) is 0 Å². The molecule has 2 aliphatic rings. The van der Waals surface area contributed by atoms with Gasteiger partial charge in [-0.1, -0.05) is 84.9 Å². The summed E-state index contributed by atoms with van der Waals surface area (Å²) >= 11 is 1.88. The molecule has 0 saturated heterocycles. The third-order valence-electron chi connectivity index (χ3n) is 8.20. The van der Waals surface area contributed by atoms with Gasteiger partial charge in [-0.05, 0) is 36.4 Å². The van der Waals surface area contributed by atoms with Gasteiger partial charge in [-0.15, -0.1) is 11.3 Å². The van der Waals surface area contributed by atoms with E-state index in [0.717, 1.165) is 0 Å². The van der Waals surface area contributed by atoms with Gasteiger partial charge in [0.1, 0.15) is 0 Å². The summed E-state index contributed by atoms with van der Waals surface area (Å²) in [7, 11) is 0. The minimum absolute atomic E-state index is 0.0910. The Morgan fingerprint density at radius 1 is 0.615 bits per heavy atom. The fourth-order valence-corrected chi connectivity index (χ4v) is 7.82. The van der Waals surface area contributed by atoms with Gasteiger partial charge in [0, 0.05) is 43.5 Å². The normalized spacial score (nSPS) is 15.7. The van der Waals surface area contributed by atoms with Gasteiger partial charge in [0.25, 0.3) is 0 Å². The summed E-state index contributed by atoms with van der Waals surface area (Å²) in [6, 6.07) is 44.0. The van der Waals surface area contributed by atoms with E-state index in [2.05, 4.69) is 142 Å². The molecular weight excluding hydrogens is 494 g/mol. The van der Waals surface area contributed by atoms with Crippen LogP contribution in [-0.2, 0) is 0 Å². The van der Waals surface area contributed by atoms with Crippen LogP contribution < -0.4 is 20.8 Å². The highest BCUT2D eigenvalue weighted by molar-refractivity contribution is 7.26. The molecule has 0 amide bonds. The van der Waals surface area contributed by atoms with Crippen LogP contribution in [0.4, 0.5) is 11.4 Å². The van der Waals surface area contributed by atoms with Crippen molar-refractivity contribution in [3.63, 3.8) is 0 Å². The van der Waals surface area contributed by atoms with E-state index in [9.17, 15) is 0 Å². The van der Waals surface area contributed by atoms with E-state index in [4.69, 9.17) is 0 Å². The largest absolute Gasteiger partial charge is 0.377 e. The van der Waals surface area contributed by atoms with Gasteiger partial charge in [-0.3, -0.25) is 0 Å². The van der Waals surface area contributed by atoms with E-state index in [0.29, 0.717) is 0 Å². The maximum atomic E-state index is 3.82. The number of thiophene rings is 1. The number of aromatic nitrogens is 1. The highest BCUT2D eigenvalue weighted by Crippen LogP contribution is 2.47. The third kappa shape index (κ3) is 2.81. The molecule has 0 bridgehead atoms. The second-order valence-electron chi connectivity index (χ2n) is 10.2. The Balaban J connectivity index is 1.44. The van der Waals surface area contributed by atoms with Crippen molar-refractivity contribution < 1.29 is 0 Å². The molecule has 9 rings (SSSR count). The van der Waals surface area contributed by atoms with Crippen molar-refractivity contribution in [1.82, 2.24) is 9.88 Å². The van der Waals surface area contributed by atoms with E-state index < -0.39 is 0 Å². The fourth-order valence-electron chi connectivity index (χ4n) is 6.62. The number of fused-ring (bicyclic) bond motifs is 9. The van der Waals surface area contributed by atoms with Crippen LogP contribution in [0.5, 0.6) is 0 Å². The van der Waals surface area contributed by atoms with Gasteiger partial charge in [-0.2, -0.15) is 0 Å². The molecule has 0 saturated carbocycles. The first kappa shape index (κ1) is 21.2. The van der Waals surface area contributed by atoms with Crippen molar-refractivity contribution in [3.8, 4) is 5.69 Å². The van der Waals surface area contributed by atoms with E-state index >= 15 is 0 Å². The van der Waals surface area contributed by atoms with Gasteiger partial charge in [0.15, 0.2) is 0 Å². The molecule has 0 radical (unpaired) electrons. The van der Waals surface area contributed by atoms with Crippen molar-refractivity contribution in [2.75, 3.05) is 4.90 Å². The Morgan fingerprint density at radius 3 is 2.26 bits per heavy atom. The first-order chi connectivity index (χ1) is 19.4. The van der Waals surface area contributed by atoms with Gasteiger partial charge in [0.2, 0.25) is 0 Å². The zero-order valence-corrected chi connectivity index (χ0v) is 21.8. The summed E-state index contributed by atoms with van der Waals surface area (Å²) < 4.78 is 5.10. The van der Waals surface area contributed by atoms with Crippen molar-refractivity contribution in [2.24, 2.45) is 0 Å². The lowest BCUT2D eigenvalue weighted by Gasteiger charge is -2.25. The lowest BCUT2D eigenvalue weighted by molar-refractivity contribution is 0.797. The van der Waals surface area contributed by atoms with Crippen molar-refractivity contribution in [2.45, 2.75) is 6.04 Å². The average Bonchev–Trinajstić information content (AvgIpc) is 3.65. The van der Waals surface area contributed by atoms with Gasteiger partial charge >= 0.3 is 0 Å². The molecule has 1 unspecified atom stereocenters. The Hall–Kier alpha value is -4.80. The predicted molar refractivity (Wildman–Crippen MR) is 164 cm³/mol. The van der Waals surface area contributed by atoms with Gasteiger partial charge < -0.3 is 14.8 Å². The molecule has 1 N–H and O–H groups in total. The van der Waals surface area contributed by atoms with Crippen LogP contribution in [0.1, 0.15) is 11.6 Å². The molecule has 7 aromatic rings. The molecule has 5 aromatic carbocycles. The Kier molecular flexibility index (Phi) is 4.26. The van der Waals surface area contributed by atoms with Crippen LogP contribution in [0.15, 0.2) is 121 Å². The standard InChI is InChI=1S/C35H23N3S/c1-2-11-22(12-3-1)37-28-18-8-5-15-26(28)33-34(37)32-25-14-4-7-17-27(25)38(30(32)21-36-33)29-19-10-16-24-23-13-6-9-20-31(23)39-35(24)29/h1-21,33,36H. The number of hydrogen-bond acceptors (Lipinski definition) is 3. The van der Waals surface area contributed by atoms with Crippen molar-refractivity contribution >= 4 is 65.7 Å².